The number of hydrogen-bond donors (Lipinski definition) is 0. The van der Waals surface area contributed by atoms with Crippen molar-refractivity contribution in [3.05, 3.63) is 23.8 Å². The van der Waals surface area contributed by atoms with Gasteiger partial charge in [-0.2, -0.15) is 0 Å². The number of Topliss-reactive ketones (excluding diaryl/α,β-unsaturated/α-hetero) is 1. The van der Waals surface area contributed by atoms with E-state index in [1.165, 1.54) is 44.1 Å². The van der Waals surface area contributed by atoms with Crippen molar-refractivity contribution in [2.45, 2.75) is 64.7 Å². The Morgan fingerprint density at radius 1 is 1.19 bits per heavy atom. The zero-order chi connectivity index (χ0) is 14.6. The highest BCUT2D eigenvalue weighted by Crippen LogP contribution is 2.60. The summed E-state index contributed by atoms with van der Waals surface area (Å²) in [5, 5.41) is 0. The molecule has 0 saturated heterocycles. The molecule has 0 N–H and O–H groups in total. The highest BCUT2D eigenvalue weighted by molar-refractivity contribution is 5.88. The van der Waals surface area contributed by atoms with E-state index in [0.717, 1.165) is 37.0 Å². The third-order valence-electron chi connectivity index (χ3n) is 7.40. The van der Waals surface area contributed by atoms with Gasteiger partial charge in [0, 0.05) is 11.8 Å². The molecule has 0 spiro atoms. The number of hydrogen-bond acceptors (Lipinski definition) is 1. The maximum atomic E-state index is 12.5. The van der Waals surface area contributed by atoms with E-state index in [9.17, 15) is 4.79 Å². The second-order valence-corrected chi connectivity index (χ2v) is 8.03. The lowest BCUT2D eigenvalue weighted by Gasteiger charge is -2.50. The molecule has 114 valence electrons. The topological polar surface area (TPSA) is 17.1 Å². The van der Waals surface area contributed by atoms with Crippen LogP contribution < -0.4 is 0 Å². The molecule has 0 aromatic heterocycles. The van der Waals surface area contributed by atoms with Crippen LogP contribution in [-0.4, -0.2) is 5.78 Å². The molecule has 4 aliphatic carbocycles. The van der Waals surface area contributed by atoms with Crippen LogP contribution in [0.2, 0.25) is 0 Å². The van der Waals surface area contributed by atoms with E-state index in [-0.39, 0.29) is 5.41 Å². The summed E-state index contributed by atoms with van der Waals surface area (Å²) in [5.41, 5.74) is 3.27. The van der Waals surface area contributed by atoms with E-state index in [0.29, 0.717) is 11.7 Å². The minimum absolute atomic E-state index is 0.0271. The van der Waals surface area contributed by atoms with Crippen molar-refractivity contribution in [3.63, 3.8) is 0 Å². The van der Waals surface area contributed by atoms with Gasteiger partial charge in [-0.1, -0.05) is 30.7 Å². The van der Waals surface area contributed by atoms with Crippen LogP contribution in [-0.2, 0) is 4.79 Å². The molecule has 0 aromatic carbocycles. The molecule has 0 bridgehead atoms. The predicted molar refractivity (Wildman–Crippen MR) is 85.9 cm³/mol. The van der Waals surface area contributed by atoms with Gasteiger partial charge in [0.05, 0.1) is 0 Å². The highest BCUT2D eigenvalue weighted by Gasteiger charge is 2.55. The van der Waals surface area contributed by atoms with Gasteiger partial charge < -0.3 is 0 Å². The molecular weight excluding hydrogens is 256 g/mol. The van der Waals surface area contributed by atoms with Crippen molar-refractivity contribution < 1.29 is 4.79 Å². The fraction of sp³-hybridized carbons (Fsp3) is 0.750. The van der Waals surface area contributed by atoms with Crippen LogP contribution in [0.1, 0.15) is 64.7 Å². The fourth-order valence-corrected chi connectivity index (χ4v) is 6.30. The number of allylic oxidation sites excluding steroid dienone is 3. The average molecular weight is 284 g/mol. The lowest BCUT2D eigenvalue weighted by molar-refractivity contribution is -0.128. The molecule has 4 rings (SSSR count). The van der Waals surface area contributed by atoms with E-state index < -0.39 is 0 Å². The Morgan fingerprint density at radius 3 is 2.86 bits per heavy atom. The molecule has 4 aliphatic rings. The summed E-state index contributed by atoms with van der Waals surface area (Å²) in [7, 11) is 0. The summed E-state index contributed by atoms with van der Waals surface area (Å²) in [6, 6.07) is 0. The largest absolute Gasteiger partial charge is 0.299 e. The van der Waals surface area contributed by atoms with Crippen LogP contribution in [0.5, 0.6) is 0 Å². The van der Waals surface area contributed by atoms with Gasteiger partial charge in [0.1, 0.15) is 5.78 Å². The van der Waals surface area contributed by atoms with Gasteiger partial charge in [-0.05, 0) is 75.0 Å². The summed E-state index contributed by atoms with van der Waals surface area (Å²) in [4.78, 5) is 12.5. The zero-order valence-electron chi connectivity index (χ0n) is 13.4. The van der Waals surface area contributed by atoms with Crippen molar-refractivity contribution in [1.29, 1.82) is 0 Å². The Balaban J connectivity index is 1.67. The first-order valence-corrected chi connectivity index (χ1v) is 9.05. The van der Waals surface area contributed by atoms with Crippen LogP contribution in [0, 0.1) is 29.1 Å². The minimum Gasteiger partial charge on any atom is -0.299 e. The van der Waals surface area contributed by atoms with Gasteiger partial charge in [0.25, 0.3) is 0 Å². The van der Waals surface area contributed by atoms with Crippen molar-refractivity contribution in [2.75, 3.05) is 0 Å². The van der Waals surface area contributed by atoms with Crippen LogP contribution in [0.15, 0.2) is 23.8 Å². The summed E-state index contributed by atoms with van der Waals surface area (Å²) in [6.45, 7) is 6.47. The van der Waals surface area contributed by atoms with Gasteiger partial charge in [-0.15, -0.1) is 0 Å². The zero-order valence-corrected chi connectivity index (χ0v) is 13.4. The van der Waals surface area contributed by atoms with Crippen LogP contribution in [0.25, 0.3) is 0 Å². The molecule has 3 saturated carbocycles. The van der Waals surface area contributed by atoms with Crippen LogP contribution >= 0.6 is 0 Å². The molecular formula is C20H28O. The number of carbonyl (C=O) groups excluding carboxylic acids is 1. The minimum atomic E-state index is 0.0271. The quantitative estimate of drug-likeness (QED) is 0.614. The lowest BCUT2D eigenvalue weighted by Crippen LogP contribution is -2.43. The summed E-state index contributed by atoms with van der Waals surface area (Å²) < 4.78 is 0. The third-order valence-corrected chi connectivity index (χ3v) is 7.40. The molecule has 3 fully saturated rings. The Labute approximate surface area is 128 Å². The highest BCUT2D eigenvalue weighted by atomic mass is 16.1. The maximum Gasteiger partial charge on any atom is 0.139 e. The molecule has 1 heteroatoms. The molecule has 21 heavy (non-hydrogen) atoms. The molecule has 0 heterocycles. The molecule has 0 aliphatic heterocycles. The Hall–Kier alpha value is -0.850. The molecule has 0 radical (unpaired) electrons. The number of carbonyl (C=O) groups is 1. The maximum absolute atomic E-state index is 12.5. The second kappa shape index (κ2) is 4.83. The number of ketones is 1. The van der Waals surface area contributed by atoms with Gasteiger partial charge in [0.2, 0.25) is 0 Å². The SMILES string of the molecule is C=C1CC[C@H]2C3=CCC4(CC)C(=O)CCC4C3CCC2C1. The summed E-state index contributed by atoms with van der Waals surface area (Å²) >= 11 is 0. The number of fused-ring (bicyclic) bond motifs is 5. The smallest absolute Gasteiger partial charge is 0.139 e. The standard InChI is InChI=1S/C20H28O/c1-3-20-11-10-16-15-6-4-13(2)12-14(15)5-7-17(16)18(20)8-9-19(20)21/h10,14-15,17-18H,2-9,11-12H2,1H3/t14?,15-,17?,18?,20?/m1/s1. The van der Waals surface area contributed by atoms with Crippen molar-refractivity contribution in [1.82, 2.24) is 0 Å². The van der Waals surface area contributed by atoms with Crippen molar-refractivity contribution in [3.8, 4) is 0 Å². The van der Waals surface area contributed by atoms with Crippen LogP contribution in [0.4, 0.5) is 0 Å². The van der Waals surface area contributed by atoms with Crippen LogP contribution in [0.3, 0.4) is 0 Å². The van der Waals surface area contributed by atoms with E-state index in [4.69, 9.17) is 0 Å². The first-order chi connectivity index (χ1) is 10.2. The van der Waals surface area contributed by atoms with Gasteiger partial charge in [-0.25, -0.2) is 0 Å². The van der Waals surface area contributed by atoms with Crippen molar-refractivity contribution in [2.24, 2.45) is 29.1 Å². The first-order valence-electron chi connectivity index (χ1n) is 9.05. The van der Waals surface area contributed by atoms with Crippen molar-refractivity contribution >= 4 is 5.78 Å². The third kappa shape index (κ3) is 1.85. The van der Waals surface area contributed by atoms with E-state index in [1.54, 1.807) is 5.57 Å². The fourth-order valence-electron chi connectivity index (χ4n) is 6.30. The summed E-state index contributed by atoms with van der Waals surface area (Å²) in [5.74, 6) is 3.66. The summed E-state index contributed by atoms with van der Waals surface area (Å²) in [6.07, 6.45) is 13.2. The second-order valence-electron chi connectivity index (χ2n) is 8.03. The van der Waals surface area contributed by atoms with Gasteiger partial charge in [-0.3, -0.25) is 4.79 Å². The Bertz CT molecular complexity index is 514. The molecule has 4 unspecified atom stereocenters. The normalized spacial score (nSPS) is 45.7. The Kier molecular flexibility index (Phi) is 3.17. The van der Waals surface area contributed by atoms with E-state index in [2.05, 4.69) is 19.6 Å². The lowest BCUT2D eigenvalue weighted by atomic mass is 9.54. The average Bonchev–Trinajstić information content (AvgIpc) is 2.84. The monoisotopic (exact) mass is 284 g/mol. The molecule has 0 aromatic rings. The molecule has 1 nitrogen and oxygen atoms in total. The van der Waals surface area contributed by atoms with E-state index in [1.807, 2.05) is 0 Å². The number of rotatable bonds is 1. The Morgan fingerprint density at radius 2 is 2.05 bits per heavy atom. The predicted octanol–water partition coefficient (Wildman–Crippen LogP) is 5.07. The van der Waals surface area contributed by atoms with Gasteiger partial charge >= 0.3 is 0 Å². The molecule has 0 amide bonds. The van der Waals surface area contributed by atoms with Gasteiger partial charge in [0.15, 0.2) is 0 Å². The molecule has 5 atom stereocenters. The first kappa shape index (κ1) is 13.8. The van der Waals surface area contributed by atoms with E-state index >= 15 is 0 Å².